The predicted molar refractivity (Wildman–Crippen MR) is 128 cm³/mol. The van der Waals surface area contributed by atoms with E-state index in [1.807, 2.05) is 31.2 Å². The number of rotatable bonds is 2. The van der Waals surface area contributed by atoms with E-state index in [-0.39, 0.29) is 34.9 Å². The Hall–Kier alpha value is -3.94. The fourth-order valence-corrected chi connectivity index (χ4v) is 5.02. The summed E-state index contributed by atoms with van der Waals surface area (Å²) in [5.74, 6) is -3.63. The van der Waals surface area contributed by atoms with Crippen LogP contribution >= 0.6 is 0 Å². The van der Waals surface area contributed by atoms with Crippen molar-refractivity contribution in [1.29, 1.82) is 0 Å². The first-order valence-corrected chi connectivity index (χ1v) is 11.5. The second-order valence-corrected chi connectivity index (χ2v) is 9.07. The molecule has 1 aliphatic heterocycles. The topological polar surface area (TPSA) is 49.4 Å². The number of para-hydroxylation sites is 2. The largest absolute Gasteiger partial charge is 0.471 e. The predicted octanol–water partition coefficient (Wildman–Crippen LogP) is 6.60. The maximum absolute atomic E-state index is 15.1. The van der Waals surface area contributed by atoms with Crippen molar-refractivity contribution in [3.63, 3.8) is 0 Å². The summed E-state index contributed by atoms with van der Waals surface area (Å²) >= 11 is 0. The molecule has 2 unspecified atom stereocenters. The van der Waals surface area contributed by atoms with Crippen LogP contribution in [0.1, 0.15) is 41.5 Å². The van der Waals surface area contributed by atoms with Gasteiger partial charge in [-0.05, 0) is 43.0 Å². The number of alkyl halides is 3. The summed E-state index contributed by atoms with van der Waals surface area (Å²) in [6, 6.07) is 17.5. The second-order valence-electron chi connectivity index (χ2n) is 9.07. The molecule has 0 saturated carbocycles. The zero-order valence-electron chi connectivity index (χ0n) is 19.3. The number of carbonyl (C=O) groups is 2. The van der Waals surface area contributed by atoms with Gasteiger partial charge in [0.2, 0.25) is 0 Å². The van der Waals surface area contributed by atoms with E-state index in [9.17, 15) is 22.8 Å². The van der Waals surface area contributed by atoms with E-state index in [4.69, 9.17) is 0 Å². The Bertz CT molecular complexity index is 1380. The first-order valence-electron chi connectivity index (χ1n) is 11.5. The highest BCUT2D eigenvalue weighted by Crippen LogP contribution is 2.48. The maximum atomic E-state index is 15.1. The molecule has 184 valence electrons. The zero-order chi connectivity index (χ0) is 25.6. The molecular formula is C28H22F4N2O2. The summed E-state index contributed by atoms with van der Waals surface area (Å²) in [5.41, 5.74) is 2.31. The molecule has 1 heterocycles. The van der Waals surface area contributed by atoms with Crippen molar-refractivity contribution in [2.75, 3.05) is 10.2 Å². The number of allylic oxidation sites excluding steroid dienone is 1. The smallest absolute Gasteiger partial charge is 0.357 e. The number of amides is 1. The Morgan fingerprint density at radius 2 is 1.61 bits per heavy atom. The monoisotopic (exact) mass is 494 g/mol. The number of fused-ring (bicyclic) bond motifs is 1. The maximum Gasteiger partial charge on any atom is 0.471 e. The molecule has 2 aliphatic rings. The van der Waals surface area contributed by atoms with Crippen LogP contribution in [-0.4, -0.2) is 17.9 Å². The molecule has 0 bridgehead atoms. The lowest BCUT2D eigenvalue weighted by Crippen LogP contribution is -2.45. The lowest BCUT2D eigenvalue weighted by molar-refractivity contribution is -0.170. The minimum atomic E-state index is -5.25. The van der Waals surface area contributed by atoms with Gasteiger partial charge in [-0.15, -0.1) is 0 Å². The van der Waals surface area contributed by atoms with Gasteiger partial charge in [0.05, 0.1) is 17.4 Å². The number of ketones is 1. The van der Waals surface area contributed by atoms with Crippen LogP contribution in [0.25, 0.3) is 0 Å². The Balaban J connectivity index is 1.74. The van der Waals surface area contributed by atoms with Crippen molar-refractivity contribution in [1.82, 2.24) is 0 Å². The molecule has 5 rings (SSSR count). The number of anilines is 2. The number of halogens is 4. The number of carbonyl (C=O) groups excluding carboxylic acids is 2. The van der Waals surface area contributed by atoms with Gasteiger partial charge in [0.1, 0.15) is 5.82 Å². The van der Waals surface area contributed by atoms with E-state index < -0.39 is 29.7 Å². The number of hydrogen-bond acceptors (Lipinski definition) is 3. The first-order chi connectivity index (χ1) is 17.1. The molecule has 3 aromatic rings. The van der Waals surface area contributed by atoms with Crippen LogP contribution < -0.4 is 10.2 Å². The van der Waals surface area contributed by atoms with Crippen LogP contribution in [0.3, 0.4) is 0 Å². The molecular weight excluding hydrogens is 472 g/mol. The third-order valence-corrected chi connectivity index (χ3v) is 6.70. The van der Waals surface area contributed by atoms with E-state index >= 15 is 4.39 Å². The van der Waals surface area contributed by atoms with Gasteiger partial charge in [0.15, 0.2) is 5.78 Å². The molecule has 8 heteroatoms. The number of hydrogen-bond donors (Lipinski definition) is 1. The van der Waals surface area contributed by atoms with Crippen LogP contribution in [0.15, 0.2) is 84.1 Å². The summed E-state index contributed by atoms with van der Waals surface area (Å²) in [6.45, 7) is 1.95. The normalized spacial score (nSPS) is 19.8. The van der Waals surface area contributed by atoms with E-state index in [0.717, 1.165) is 17.2 Å². The summed E-state index contributed by atoms with van der Waals surface area (Å²) in [5, 5.41) is 3.13. The van der Waals surface area contributed by atoms with Crippen molar-refractivity contribution in [2.24, 2.45) is 0 Å². The van der Waals surface area contributed by atoms with Crippen molar-refractivity contribution in [3.8, 4) is 0 Å². The fourth-order valence-electron chi connectivity index (χ4n) is 5.02. The van der Waals surface area contributed by atoms with Crippen molar-refractivity contribution in [2.45, 2.75) is 37.9 Å². The van der Waals surface area contributed by atoms with Crippen molar-refractivity contribution >= 4 is 23.1 Å². The van der Waals surface area contributed by atoms with E-state index in [2.05, 4.69) is 5.32 Å². The van der Waals surface area contributed by atoms with Gasteiger partial charge in [0, 0.05) is 23.3 Å². The van der Waals surface area contributed by atoms with Crippen LogP contribution in [0.2, 0.25) is 0 Å². The van der Waals surface area contributed by atoms with Crippen LogP contribution in [0.5, 0.6) is 0 Å². The fraction of sp³-hybridized carbons (Fsp3) is 0.214. The Morgan fingerprint density at radius 3 is 2.31 bits per heavy atom. The molecule has 1 N–H and O–H groups in total. The molecule has 3 aromatic carbocycles. The molecule has 0 spiro atoms. The molecule has 4 nitrogen and oxygen atoms in total. The molecule has 1 aliphatic carbocycles. The highest BCUT2D eigenvalue weighted by molar-refractivity contribution is 6.07. The minimum absolute atomic E-state index is 0.0267. The van der Waals surface area contributed by atoms with Crippen molar-refractivity contribution in [3.05, 3.63) is 107 Å². The van der Waals surface area contributed by atoms with Gasteiger partial charge in [-0.2, -0.15) is 13.2 Å². The van der Waals surface area contributed by atoms with Crippen LogP contribution in [0, 0.1) is 12.7 Å². The standard InChI is InChI=1S/C28H22F4N2O2/c1-16-10-12-17(13-11-16)18-14-22-25(24(35)15-18)26(19-6-2-3-7-20(19)29)34(27(36)28(30,31)32)23-9-5-4-8-21(23)33-22/h2-13,18,26,33H,14-15H2,1H3. The minimum Gasteiger partial charge on any atom is -0.357 e. The highest BCUT2D eigenvalue weighted by atomic mass is 19.4. The molecule has 0 aromatic heterocycles. The SMILES string of the molecule is Cc1ccc(C2CC(=O)C3=C(C2)Nc2ccccc2N(C(=O)C(F)(F)F)C3c2ccccc2F)cc1. The quantitative estimate of drug-likeness (QED) is 0.409. The lowest BCUT2D eigenvalue weighted by atomic mass is 9.78. The average molecular weight is 494 g/mol. The van der Waals surface area contributed by atoms with Gasteiger partial charge < -0.3 is 5.32 Å². The molecule has 1 amide bonds. The van der Waals surface area contributed by atoms with Crippen molar-refractivity contribution < 1.29 is 27.2 Å². The number of Topliss-reactive ketones (excluding diaryl/α,β-unsaturated/α-hetero) is 1. The van der Waals surface area contributed by atoms with Gasteiger partial charge in [-0.1, -0.05) is 60.2 Å². The van der Waals surface area contributed by atoms with E-state index in [1.54, 1.807) is 12.1 Å². The number of aryl methyl sites for hydroxylation is 1. The Kier molecular flexibility index (Phi) is 5.90. The average Bonchev–Trinajstić information content (AvgIpc) is 2.98. The highest BCUT2D eigenvalue weighted by Gasteiger charge is 2.50. The van der Waals surface area contributed by atoms with Gasteiger partial charge in [-0.25, -0.2) is 4.39 Å². The summed E-state index contributed by atoms with van der Waals surface area (Å²) < 4.78 is 56.8. The number of nitrogens with one attached hydrogen (secondary N) is 1. The number of nitrogens with zero attached hydrogens (tertiary/aromatic N) is 1. The van der Waals surface area contributed by atoms with Crippen LogP contribution in [-0.2, 0) is 9.59 Å². The number of benzene rings is 3. The van der Waals surface area contributed by atoms with Crippen LogP contribution in [0.4, 0.5) is 28.9 Å². The lowest BCUT2D eigenvalue weighted by Gasteiger charge is -2.35. The molecule has 0 saturated heterocycles. The summed E-state index contributed by atoms with van der Waals surface area (Å²) in [7, 11) is 0. The van der Waals surface area contributed by atoms with Gasteiger partial charge in [0.25, 0.3) is 0 Å². The Labute approximate surface area is 205 Å². The third kappa shape index (κ3) is 4.17. The Morgan fingerprint density at radius 1 is 0.944 bits per heavy atom. The third-order valence-electron chi connectivity index (χ3n) is 6.70. The van der Waals surface area contributed by atoms with E-state index in [1.165, 1.54) is 30.3 Å². The second kappa shape index (κ2) is 8.93. The molecule has 2 atom stereocenters. The summed E-state index contributed by atoms with van der Waals surface area (Å²) in [6.07, 6.45) is -4.90. The summed E-state index contributed by atoms with van der Waals surface area (Å²) in [4.78, 5) is 27.0. The van der Waals surface area contributed by atoms with Gasteiger partial charge in [-0.3, -0.25) is 14.5 Å². The zero-order valence-corrected chi connectivity index (χ0v) is 19.3. The molecule has 0 radical (unpaired) electrons. The van der Waals surface area contributed by atoms with Gasteiger partial charge >= 0.3 is 12.1 Å². The molecule has 0 fully saturated rings. The van der Waals surface area contributed by atoms with E-state index in [0.29, 0.717) is 17.0 Å². The molecule has 36 heavy (non-hydrogen) atoms. The first kappa shape index (κ1) is 23.8.